The zero-order chi connectivity index (χ0) is 19.1. The predicted octanol–water partition coefficient (Wildman–Crippen LogP) is 3.83. The summed E-state index contributed by atoms with van der Waals surface area (Å²) in [7, 11) is 1.62. The van der Waals surface area contributed by atoms with E-state index in [0.29, 0.717) is 18.5 Å². The molecular weight excluding hydrogens is 338 g/mol. The molecule has 3 aromatic rings. The third-order valence-corrected chi connectivity index (χ3v) is 4.44. The summed E-state index contributed by atoms with van der Waals surface area (Å²) < 4.78 is 5.32. The Labute approximate surface area is 159 Å². The molecule has 3 aromatic carbocycles. The monoisotopic (exact) mass is 361 g/mol. The van der Waals surface area contributed by atoms with Crippen LogP contribution in [0, 0.1) is 0 Å². The average Bonchev–Trinajstić information content (AvgIpc) is 2.73. The lowest BCUT2D eigenvalue weighted by molar-refractivity contribution is 0.0950. The Kier molecular flexibility index (Phi) is 6.23. The SMILES string of the molecule is COc1cccc(-c2cccc(CCO)c2C(=O)NCc2ccccc2)c1. The van der Waals surface area contributed by atoms with Gasteiger partial charge in [0.2, 0.25) is 0 Å². The number of carbonyl (C=O) groups excluding carboxylic acids is 1. The molecule has 4 nitrogen and oxygen atoms in total. The smallest absolute Gasteiger partial charge is 0.252 e. The van der Waals surface area contributed by atoms with Gasteiger partial charge >= 0.3 is 0 Å². The van der Waals surface area contributed by atoms with E-state index in [1.165, 1.54) is 0 Å². The second-order valence-electron chi connectivity index (χ2n) is 6.21. The fraction of sp³-hybridized carbons (Fsp3) is 0.174. The lowest BCUT2D eigenvalue weighted by Gasteiger charge is -2.15. The summed E-state index contributed by atoms with van der Waals surface area (Å²) in [6.45, 7) is 0.436. The second-order valence-corrected chi connectivity index (χ2v) is 6.21. The first kappa shape index (κ1) is 18.7. The van der Waals surface area contributed by atoms with Crippen LogP contribution < -0.4 is 10.1 Å². The molecule has 138 valence electrons. The summed E-state index contributed by atoms with van der Waals surface area (Å²) in [4.78, 5) is 13.0. The normalized spacial score (nSPS) is 10.4. The van der Waals surface area contributed by atoms with Crippen LogP contribution in [0.2, 0.25) is 0 Å². The molecule has 0 aliphatic carbocycles. The van der Waals surface area contributed by atoms with Gasteiger partial charge in [-0.05, 0) is 40.8 Å². The van der Waals surface area contributed by atoms with Gasteiger partial charge in [0.25, 0.3) is 5.91 Å². The number of aliphatic hydroxyl groups excluding tert-OH is 1. The van der Waals surface area contributed by atoms with Crippen molar-refractivity contribution in [3.05, 3.63) is 89.5 Å². The number of benzene rings is 3. The van der Waals surface area contributed by atoms with Crippen molar-refractivity contribution in [3.63, 3.8) is 0 Å². The van der Waals surface area contributed by atoms with Crippen LogP contribution >= 0.6 is 0 Å². The fourth-order valence-corrected chi connectivity index (χ4v) is 3.09. The van der Waals surface area contributed by atoms with E-state index >= 15 is 0 Å². The number of rotatable bonds is 7. The highest BCUT2D eigenvalue weighted by atomic mass is 16.5. The Hall–Kier alpha value is -3.11. The molecule has 0 aliphatic rings. The zero-order valence-corrected chi connectivity index (χ0v) is 15.3. The van der Waals surface area contributed by atoms with Gasteiger partial charge < -0.3 is 15.2 Å². The standard InChI is InChI=1S/C23H23NO3/c1-27-20-11-5-10-19(15-20)21-12-6-9-18(13-14-25)22(21)23(26)24-16-17-7-3-2-4-8-17/h2-12,15,25H,13-14,16H2,1H3,(H,24,26). The Morgan fingerprint density at radius 1 is 1.00 bits per heavy atom. The van der Waals surface area contributed by atoms with E-state index in [1.54, 1.807) is 7.11 Å². The molecule has 0 radical (unpaired) electrons. The van der Waals surface area contributed by atoms with Crippen LogP contribution in [-0.4, -0.2) is 24.7 Å². The summed E-state index contributed by atoms with van der Waals surface area (Å²) in [6, 6.07) is 23.1. The maximum atomic E-state index is 13.0. The minimum atomic E-state index is -0.152. The largest absolute Gasteiger partial charge is 0.497 e. The predicted molar refractivity (Wildman–Crippen MR) is 107 cm³/mol. The van der Waals surface area contributed by atoms with E-state index in [4.69, 9.17) is 4.74 Å². The number of amides is 1. The Bertz CT molecular complexity index is 907. The quantitative estimate of drug-likeness (QED) is 0.672. The summed E-state index contributed by atoms with van der Waals surface area (Å²) in [6.07, 6.45) is 0.423. The van der Waals surface area contributed by atoms with Crippen molar-refractivity contribution in [2.75, 3.05) is 13.7 Å². The topological polar surface area (TPSA) is 58.6 Å². The maximum Gasteiger partial charge on any atom is 0.252 e. The van der Waals surface area contributed by atoms with Gasteiger partial charge in [0.05, 0.1) is 12.7 Å². The summed E-state index contributed by atoms with van der Waals surface area (Å²) in [5.74, 6) is 0.580. The van der Waals surface area contributed by atoms with Gasteiger partial charge in [-0.2, -0.15) is 0 Å². The minimum absolute atomic E-state index is 0.0134. The van der Waals surface area contributed by atoms with Crippen LogP contribution in [-0.2, 0) is 13.0 Å². The maximum absolute atomic E-state index is 13.0. The van der Waals surface area contributed by atoms with Gasteiger partial charge in [-0.1, -0.05) is 60.7 Å². The molecule has 0 aromatic heterocycles. The molecule has 0 fully saturated rings. The zero-order valence-electron chi connectivity index (χ0n) is 15.3. The van der Waals surface area contributed by atoms with E-state index in [0.717, 1.165) is 28.0 Å². The van der Waals surface area contributed by atoms with Crippen molar-refractivity contribution in [3.8, 4) is 16.9 Å². The number of nitrogens with one attached hydrogen (secondary N) is 1. The highest BCUT2D eigenvalue weighted by Crippen LogP contribution is 2.29. The lowest BCUT2D eigenvalue weighted by Crippen LogP contribution is -2.25. The first-order valence-corrected chi connectivity index (χ1v) is 8.92. The average molecular weight is 361 g/mol. The highest BCUT2D eigenvalue weighted by molar-refractivity contribution is 6.02. The molecule has 0 saturated carbocycles. The second kappa shape index (κ2) is 9.01. The molecule has 0 aliphatic heterocycles. The molecule has 4 heteroatoms. The van der Waals surface area contributed by atoms with Crippen molar-refractivity contribution in [2.24, 2.45) is 0 Å². The van der Waals surface area contributed by atoms with E-state index < -0.39 is 0 Å². The minimum Gasteiger partial charge on any atom is -0.497 e. The van der Waals surface area contributed by atoms with Crippen molar-refractivity contribution >= 4 is 5.91 Å². The van der Waals surface area contributed by atoms with Gasteiger partial charge in [-0.25, -0.2) is 0 Å². The van der Waals surface area contributed by atoms with Crippen LogP contribution in [0.1, 0.15) is 21.5 Å². The van der Waals surface area contributed by atoms with Gasteiger partial charge in [0, 0.05) is 13.2 Å². The first-order valence-electron chi connectivity index (χ1n) is 8.92. The van der Waals surface area contributed by atoms with E-state index in [1.807, 2.05) is 72.8 Å². The van der Waals surface area contributed by atoms with Crippen molar-refractivity contribution < 1.29 is 14.6 Å². The molecule has 0 atom stereocenters. The lowest BCUT2D eigenvalue weighted by atomic mass is 9.93. The molecule has 0 heterocycles. The Balaban J connectivity index is 1.96. The van der Waals surface area contributed by atoms with Crippen LogP contribution in [0.5, 0.6) is 5.75 Å². The molecule has 0 bridgehead atoms. The van der Waals surface area contributed by atoms with Crippen molar-refractivity contribution in [1.82, 2.24) is 5.32 Å². The Morgan fingerprint density at radius 2 is 1.78 bits per heavy atom. The summed E-state index contributed by atoms with van der Waals surface area (Å²) in [5, 5.41) is 12.4. The summed E-state index contributed by atoms with van der Waals surface area (Å²) in [5.41, 5.74) is 4.18. The number of hydrogen-bond acceptors (Lipinski definition) is 3. The number of ether oxygens (including phenoxy) is 1. The molecule has 27 heavy (non-hydrogen) atoms. The van der Waals surface area contributed by atoms with Gasteiger partial charge in [-0.3, -0.25) is 4.79 Å². The number of hydrogen-bond donors (Lipinski definition) is 2. The highest BCUT2D eigenvalue weighted by Gasteiger charge is 2.17. The number of methoxy groups -OCH3 is 1. The molecule has 0 unspecified atom stereocenters. The van der Waals surface area contributed by atoms with Crippen molar-refractivity contribution in [2.45, 2.75) is 13.0 Å². The van der Waals surface area contributed by atoms with Crippen LogP contribution in [0.15, 0.2) is 72.8 Å². The van der Waals surface area contributed by atoms with Crippen LogP contribution in [0.25, 0.3) is 11.1 Å². The van der Waals surface area contributed by atoms with E-state index in [9.17, 15) is 9.90 Å². The van der Waals surface area contributed by atoms with Gasteiger partial charge in [0.1, 0.15) is 5.75 Å². The number of aliphatic hydroxyl groups is 1. The fourth-order valence-electron chi connectivity index (χ4n) is 3.09. The van der Waals surface area contributed by atoms with Crippen LogP contribution in [0.4, 0.5) is 0 Å². The molecule has 2 N–H and O–H groups in total. The molecule has 1 amide bonds. The van der Waals surface area contributed by atoms with E-state index in [-0.39, 0.29) is 12.5 Å². The molecular formula is C23H23NO3. The molecule has 0 saturated heterocycles. The third-order valence-electron chi connectivity index (χ3n) is 4.44. The van der Waals surface area contributed by atoms with Crippen molar-refractivity contribution in [1.29, 1.82) is 0 Å². The van der Waals surface area contributed by atoms with Crippen LogP contribution in [0.3, 0.4) is 0 Å². The Morgan fingerprint density at radius 3 is 2.52 bits per heavy atom. The molecule has 3 rings (SSSR count). The van der Waals surface area contributed by atoms with Gasteiger partial charge in [-0.15, -0.1) is 0 Å². The first-order chi connectivity index (χ1) is 13.2. The van der Waals surface area contributed by atoms with Gasteiger partial charge in [0.15, 0.2) is 0 Å². The summed E-state index contributed by atoms with van der Waals surface area (Å²) >= 11 is 0. The molecule has 0 spiro atoms. The third kappa shape index (κ3) is 4.54. The van der Waals surface area contributed by atoms with E-state index in [2.05, 4.69) is 5.32 Å². The number of carbonyl (C=O) groups is 1.